The van der Waals surface area contributed by atoms with Crippen LogP contribution in [0, 0.1) is 12.7 Å². The summed E-state index contributed by atoms with van der Waals surface area (Å²) >= 11 is 0. The summed E-state index contributed by atoms with van der Waals surface area (Å²) in [5.74, 6) is 0.551. The van der Waals surface area contributed by atoms with Crippen molar-refractivity contribution in [2.75, 3.05) is 20.6 Å². The number of carbonyl (C=O) groups excluding carboxylic acids is 1. The fraction of sp³-hybridized carbons (Fsp3) is 0.353. The lowest BCUT2D eigenvalue weighted by Gasteiger charge is -2.22. The van der Waals surface area contributed by atoms with Crippen LogP contribution in [0.15, 0.2) is 41.0 Å². The van der Waals surface area contributed by atoms with Crippen molar-refractivity contribution in [3.8, 4) is 0 Å². The highest BCUT2D eigenvalue weighted by Crippen LogP contribution is 2.17. The molecule has 1 aromatic carbocycles. The van der Waals surface area contributed by atoms with Crippen LogP contribution in [0.4, 0.5) is 9.18 Å². The van der Waals surface area contributed by atoms with E-state index in [1.807, 2.05) is 31.1 Å². The van der Waals surface area contributed by atoms with Crippen LogP contribution in [0.1, 0.15) is 22.9 Å². The number of nitrogens with one attached hydrogen (secondary N) is 2. The van der Waals surface area contributed by atoms with Crippen LogP contribution < -0.4 is 10.6 Å². The van der Waals surface area contributed by atoms with Crippen LogP contribution >= 0.6 is 0 Å². The van der Waals surface area contributed by atoms with Gasteiger partial charge in [-0.05, 0) is 50.3 Å². The van der Waals surface area contributed by atoms with Gasteiger partial charge in [-0.15, -0.1) is 0 Å². The van der Waals surface area contributed by atoms with Gasteiger partial charge in [-0.1, -0.05) is 12.1 Å². The molecule has 0 aliphatic heterocycles. The number of urea groups is 1. The monoisotopic (exact) mass is 319 g/mol. The summed E-state index contributed by atoms with van der Waals surface area (Å²) in [7, 11) is 3.85. The first-order valence-corrected chi connectivity index (χ1v) is 7.44. The van der Waals surface area contributed by atoms with Crippen molar-refractivity contribution in [1.82, 2.24) is 15.5 Å². The lowest BCUT2D eigenvalue weighted by atomic mass is 10.1. The molecule has 1 unspecified atom stereocenters. The van der Waals surface area contributed by atoms with E-state index < -0.39 is 0 Å². The van der Waals surface area contributed by atoms with Gasteiger partial charge in [0.05, 0.1) is 12.3 Å². The van der Waals surface area contributed by atoms with Gasteiger partial charge < -0.3 is 15.1 Å². The number of carbonyl (C=O) groups is 1. The summed E-state index contributed by atoms with van der Waals surface area (Å²) in [5, 5.41) is 5.59. The molecule has 1 aromatic heterocycles. The molecule has 124 valence electrons. The summed E-state index contributed by atoms with van der Waals surface area (Å²) < 4.78 is 18.6. The quantitative estimate of drug-likeness (QED) is 0.861. The minimum atomic E-state index is -0.273. The van der Waals surface area contributed by atoms with Crippen molar-refractivity contribution < 1.29 is 13.6 Å². The molecule has 0 bridgehead atoms. The first-order valence-electron chi connectivity index (χ1n) is 7.44. The van der Waals surface area contributed by atoms with Gasteiger partial charge in [-0.25, -0.2) is 9.18 Å². The standard InChI is InChI=1S/C17H22FN3O2/c1-12-9-13(6-7-14(12)18)10-19-17(22)20-11-15(21(2)3)16-5-4-8-23-16/h4-9,15H,10-11H2,1-3H3,(H2,19,20,22). The van der Waals surface area contributed by atoms with E-state index in [-0.39, 0.29) is 17.9 Å². The zero-order chi connectivity index (χ0) is 16.8. The largest absolute Gasteiger partial charge is 0.468 e. The van der Waals surface area contributed by atoms with Crippen molar-refractivity contribution in [3.63, 3.8) is 0 Å². The Balaban J connectivity index is 1.83. The molecule has 0 aliphatic rings. The maximum atomic E-state index is 13.2. The summed E-state index contributed by atoms with van der Waals surface area (Å²) in [6.45, 7) is 2.47. The predicted molar refractivity (Wildman–Crippen MR) is 86.5 cm³/mol. The van der Waals surface area contributed by atoms with Crippen molar-refractivity contribution in [2.45, 2.75) is 19.5 Å². The molecule has 5 nitrogen and oxygen atoms in total. The van der Waals surface area contributed by atoms with Crippen LogP contribution in [-0.4, -0.2) is 31.6 Å². The van der Waals surface area contributed by atoms with Gasteiger partial charge in [0.25, 0.3) is 0 Å². The average molecular weight is 319 g/mol. The Morgan fingerprint density at radius 1 is 1.30 bits per heavy atom. The normalized spacial score (nSPS) is 12.2. The fourth-order valence-corrected chi connectivity index (χ4v) is 2.27. The number of furan rings is 1. The maximum absolute atomic E-state index is 13.2. The average Bonchev–Trinajstić information content (AvgIpc) is 3.02. The number of hydrogen-bond donors (Lipinski definition) is 2. The summed E-state index contributed by atoms with van der Waals surface area (Å²) in [6.07, 6.45) is 1.61. The second-order valence-electron chi connectivity index (χ2n) is 5.64. The van der Waals surface area contributed by atoms with E-state index in [4.69, 9.17) is 4.42 Å². The van der Waals surface area contributed by atoms with E-state index in [0.717, 1.165) is 11.3 Å². The number of nitrogens with zero attached hydrogens (tertiary/aromatic N) is 1. The molecule has 0 saturated carbocycles. The van der Waals surface area contributed by atoms with Gasteiger partial charge in [-0.3, -0.25) is 4.90 Å². The van der Waals surface area contributed by atoms with Crippen LogP contribution in [0.3, 0.4) is 0 Å². The molecular weight excluding hydrogens is 297 g/mol. The van der Waals surface area contributed by atoms with Gasteiger partial charge in [0.2, 0.25) is 0 Å². The summed E-state index contributed by atoms with van der Waals surface area (Å²) in [5.41, 5.74) is 1.42. The molecule has 1 atom stereocenters. The third-order valence-corrected chi connectivity index (χ3v) is 3.63. The minimum Gasteiger partial charge on any atom is -0.468 e. The number of benzene rings is 1. The smallest absolute Gasteiger partial charge is 0.315 e. The first-order chi connectivity index (χ1) is 11.0. The maximum Gasteiger partial charge on any atom is 0.315 e. The first kappa shape index (κ1) is 17.0. The van der Waals surface area contributed by atoms with Gasteiger partial charge in [-0.2, -0.15) is 0 Å². The van der Waals surface area contributed by atoms with Crippen molar-refractivity contribution in [2.24, 2.45) is 0 Å². The number of amides is 2. The third-order valence-electron chi connectivity index (χ3n) is 3.63. The van der Waals surface area contributed by atoms with Crippen LogP contribution in [-0.2, 0) is 6.54 Å². The molecule has 0 aliphatic carbocycles. The van der Waals surface area contributed by atoms with Crippen LogP contribution in [0.5, 0.6) is 0 Å². The Kier molecular flexibility index (Phi) is 5.76. The molecule has 23 heavy (non-hydrogen) atoms. The zero-order valence-electron chi connectivity index (χ0n) is 13.6. The van der Waals surface area contributed by atoms with Gasteiger partial charge in [0, 0.05) is 13.1 Å². The van der Waals surface area contributed by atoms with E-state index in [1.54, 1.807) is 25.3 Å². The van der Waals surface area contributed by atoms with E-state index >= 15 is 0 Å². The molecule has 6 heteroatoms. The number of halogens is 1. The van der Waals surface area contributed by atoms with Crippen molar-refractivity contribution in [1.29, 1.82) is 0 Å². The molecule has 1 heterocycles. The number of aryl methyl sites for hydroxylation is 1. The second kappa shape index (κ2) is 7.78. The van der Waals surface area contributed by atoms with Gasteiger partial charge in [0.1, 0.15) is 11.6 Å². The molecule has 0 radical (unpaired) electrons. The molecule has 2 amide bonds. The molecule has 0 fully saturated rings. The van der Waals surface area contributed by atoms with Gasteiger partial charge in [0.15, 0.2) is 0 Å². The Morgan fingerprint density at radius 3 is 2.70 bits per heavy atom. The van der Waals surface area contributed by atoms with Crippen LogP contribution in [0.25, 0.3) is 0 Å². The Hall–Kier alpha value is -2.34. The van der Waals surface area contributed by atoms with E-state index in [9.17, 15) is 9.18 Å². The number of rotatable bonds is 6. The molecular formula is C17H22FN3O2. The molecule has 2 aromatic rings. The molecule has 0 saturated heterocycles. The molecule has 2 rings (SSSR count). The molecule has 2 N–H and O–H groups in total. The zero-order valence-corrected chi connectivity index (χ0v) is 13.6. The highest BCUT2D eigenvalue weighted by molar-refractivity contribution is 5.73. The third kappa shape index (κ3) is 4.82. The Labute approximate surface area is 135 Å². The highest BCUT2D eigenvalue weighted by Gasteiger charge is 2.17. The Morgan fingerprint density at radius 2 is 2.09 bits per heavy atom. The number of hydrogen-bond acceptors (Lipinski definition) is 3. The minimum absolute atomic E-state index is 0.0381. The van der Waals surface area contributed by atoms with E-state index in [1.165, 1.54) is 6.07 Å². The number of likely N-dealkylation sites (N-methyl/N-ethyl adjacent to an activating group) is 1. The fourth-order valence-electron chi connectivity index (χ4n) is 2.27. The van der Waals surface area contributed by atoms with Crippen LogP contribution in [0.2, 0.25) is 0 Å². The highest BCUT2D eigenvalue weighted by atomic mass is 19.1. The topological polar surface area (TPSA) is 57.5 Å². The lowest BCUT2D eigenvalue weighted by molar-refractivity contribution is 0.225. The molecule has 0 spiro atoms. The van der Waals surface area contributed by atoms with Gasteiger partial charge >= 0.3 is 6.03 Å². The Bertz CT molecular complexity index is 641. The van der Waals surface area contributed by atoms with E-state index in [0.29, 0.717) is 18.7 Å². The lowest BCUT2D eigenvalue weighted by Crippen LogP contribution is -2.40. The van der Waals surface area contributed by atoms with Crippen molar-refractivity contribution >= 4 is 6.03 Å². The second-order valence-corrected chi connectivity index (χ2v) is 5.64. The summed E-state index contributed by atoms with van der Waals surface area (Å²) in [4.78, 5) is 13.9. The van der Waals surface area contributed by atoms with E-state index in [2.05, 4.69) is 10.6 Å². The SMILES string of the molecule is Cc1cc(CNC(=O)NCC(c2ccco2)N(C)C)ccc1F. The van der Waals surface area contributed by atoms with Crippen molar-refractivity contribution in [3.05, 3.63) is 59.3 Å². The summed E-state index contributed by atoms with van der Waals surface area (Å²) in [6, 6.07) is 8.18. The predicted octanol–water partition coefficient (Wildman–Crippen LogP) is 2.83.